The molecular formula is C27H37N3O8. The van der Waals surface area contributed by atoms with Crippen LogP contribution in [0.1, 0.15) is 56.5 Å². The van der Waals surface area contributed by atoms with Crippen molar-refractivity contribution in [1.29, 1.82) is 0 Å². The van der Waals surface area contributed by atoms with E-state index in [0.717, 1.165) is 0 Å². The number of benzene rings is 1. The van der Waals surface area contributed by atoms with Gasteiger partial charge < -0.3 is 33.5 Å². The monoisotopic (exact) mass is 531 g/mol. The minimum absolute atomic E-state index is 0.0631. The maximum Gasteiger partial charge on any atom is 0.342 e. The Morgan fingerprint density at radius 2 is 1.95 bits per heavy atom. The Morgan fingerprint density at radius 1 is 1.18 bits per heavy atom. The van der Waals surface area contributed by atoms with Crippen molar-refractivity contribution in [1.82, 2.24) is 0 Å². The van der Waals surface area contributed by atoms with E-state index >= 15 is 0 Å². The highest BCUT2D eigenvalue weighted by molar-refractivity contribution is 5.98. The van der Waals surface area contributed by atoms with Gasteiger partial charge in [0.05, 0.1) is 12.7 Å². The Labute approximate surface area is 222 Å². The molecule has 1 saturated heterocycles. The molecule has 1 aromatic rings. The fourth-order valence-corrected chi connectivity index (χ4v) is 4.23. The normalized spacial score (nSPS) is 26.9. The third kappa shape index (κ3) is 7.72. The first-order valence-electron chi connectivity index (χ1n) is 12.7. The number of cyclic esters (lactones) is 1. The van der Waals surface area contributed by atoms with Gasteiger partial charge in [-0.05, 0) is 51.3 Å². The van der Waals surface area contributed by atoms with Crippen LogP contribution in [0.5, 0.6) is 11.5 Å². The van der Waals surface area contributed by atoms with Crippen molar-refractivity contribution in [3.05, 3.63) is 51.9 Å². The van der Waals surface area contributed by atoms with Crippen molar-refractivity contribution >= 4 is 12.0 Å². The predicted octanol–water partition coefficient (Wildman–Crippen LogP) is 4.78. The van der Waals surface area contributed by atoms with Crippen LogP contribution in [0.3, 0.4) is 0 Å². The van der Waals surface area contributed by atoms with Crippen LogP contribution < -0.4 is 9.47 Å². The summed E-state index contributed by atoms with van der Waals surface area (Å²) in [7, 11) is 1.49. The molecule has 2 aliphatic heterocycles. The molecule has 0 bridgehead atoms. The minimum atomic E-state index is -0.903. The lowest BCUT2D eigenvalue weighted by Crippen LogP contribution is -2.34. The highest BCUT2D eigenvalue weighted by atomic mass is 16.8. The number of ether oxygens (including phenoxy) is 6. The Bertz CT molecular complexity index is 1070. The Morgan fingerprint density at radius 3 is 2.68 bits per heavy atom. The standard InChI is InChI=1S/C27H37N3O8/c1-17-10-11-20(31)25-23(37-27(3,4)38-25)9-6-8-19-21(34-15-7-14-29-30-28)12-13-22(35-16-33-5)24(19)26(32)36-18(17)2/h6,8,10-13,17-18,20,23,25,31H,7,9,14-16H2,1-5H3/t17-,18+,20?,23+,25-/m1/s1. The van der Waals surface area contributed by atoms with E-state index in [-0.39, 0.29) is 37.2 Å². The molecule has 11 heteroatoms. The smallest absolute Gasteiger partial charge is 0.342 e. The number of carbonyl (C=O) groups excluding carboxylic acids is 1. The van der Waals surface area contributed by atoms with Crippen molar-refractivity contribution in [3.63, 3.8) is 0 Å². The van der Waals surface area contributed by atoms with E-state index in [9.17, 15) is 9.90 Å². The van der Waals surface area contributed by atoms with Crippen LogP contribution >= 0.6 is 0 Å². The Balaban J connectivity index is 2.05. The second-order valence-electron chi connectivity index (χ2n) is 9.68. The lowest BCUT2D eigenvalue weighted by molar-refractivity contribution is -0.152. The first-order chi connectivity index (χ1) is 18.2. The fraction of sp³-hybridized carbons (Fsp3) is 0.593. The van der Waals surface area contributed by atoms with Gasteiger partial charge in [-0.2, -0.15) is 0 Å². The summed E-state index contributed by atoms with van der Waals surface area (Å²) in [6.07, 6.45) is 5.55. The Hall–Kier alpha value is -3.08. The number of methoxy groups -OCH3 is 1. The van der Waals surface area contributed by atoms with Gasteiger partial charge in [-0.15, -0.1) is 0 Å². The molecule has 5 atom stereocenters. The van der Waals surface area contributed by atoms with Gasteiger partial charge >= 0.3 is 5.97 Å². The average molecular weight is 532 g/mol. The van der Waals surface area contributed by atoms with E-state index in [0.29, 0.717) is 24.2 Å². The molecule has 0 aliphatic carbocycles. The molecule has 0 aromatic heterocycles. The number of nitrogens with zero attached hydrogens (tertiary/aromatic N) is 3. The number of aliphatic hydroxyl groups excluding tert-OH is 1. The van der Waals surface area contributed by atoms with E-state index in [1.54, 1.807) is 31.2 Å². The summed E-state index contributed by atoms with van der Waals surface area (Å²) in [6.45, 7) is 7.79. The lowest BCUT2D eigenvalue weighted by atomic mass is 9.98. The molecule has 3 rings (SSSR count). The molecule has 38 heavy (non-hydrogen) atoms. The minimum Gasteiger partial charge on any atom is -0.493 e. The van der Waals surface area contributed by atoms with Gasteiger partial charge in [-0.1, -0.05) is 36.3 Å². The largest absolute Gasteiger partial charge is 0.493 e. The number of carbonyl (C=O) groups is 1. The van der Waals surface area contributed by atoms with E-state index in [2.05, 4.69) is 10.0 Å². The second-order valence-corrected chi connectivity index (χ2v) is 9.68. The fourth-order valence-electron chi connectivity index (χ4n) is 4.23. The molecule has 11 nitrogen and oxygen atoms in total. The van der Waals surface area contributed by atoms with Gasteiger partial charge in [0.15, 0.2) is 12.6 Å². The van der Waals surface area contributed by atoms with Crippen LogP contribution in [0.25, 0.3) is 16.5 Å². The third-order valence-electron chi connectivity index (χ3n) is 6.28. The van der Waals surface area contributed by atoms with Crippen LogP contribution in [0.15, 0.2) is 35.5 Å². The van der Waals surface area contributed by atoms with E-state index < -0.39 is 36.2 Å². The first kappa shape index (κ1) is 29.5. The highest BCUT2D eigenvalue weighted by Crippen LogP contribution is 2.36. The highest BCUT2D eigenvalue weighted by Gasteiger charge is 2.43. The number of esters is 1. The Kier molecular flexibility index (Phi) is 10.6. The van der Waals surface area contributed by atoms with Gasteiger partial charge in [0.25, 0.3) is 0 Å². The summed E-state index contributed by atoms with van der Waals surface area (Å²) in [5.74, 6) is -0.918. The zero-order valence-corrected chi connectivity index (χ0v) is 22.5. The van der Waals surface area contributed by atoms with Gasteiger partial charge in [0.1, 0.15) is 35.4 Å². The van der Waals surface area contributed by atoms with Gasteiger partial charge in [-0.25, -0.2) is 4.79 Å². The first-order valence-corrected chi connectivity index (χ1v) is 12.7. The summed E-state index contributed by atoms with van der Waals surface area (Å²) in [5, 5.41) is 14.4. The zero-order valence-electron chi connectivity index (χ0n) is 22.5. The summed E-state index contributed by atoms with van der Waals surface area (Å²) >= 11 is 0. The molecule has 0 amide bonds. The van der Waals surface area contributed by atoms with Crippen molar-refractivity contribution in [2.75, 3.05) is 27.1 Å². The van der Waals surface area contributed by atoms with Crippen LogP contribution in [0.4, 0.5) is 0 Å². The number of hydrogen-bond acceptors (Lipinski definition) is 9. The number of azide groups is 1. The molecule has 1 aromatic carbocycles. The molecule has 1 unspecified atom stereocenters. The molecule has 0 spiro atoms. The molecule has 0 saturated carbocycles. The van der Waals surface area contributed by atoms with E-state index in [4.69, 9.17) is 34.0 Å². The van der Waals surface area contributed by atoms with Crippen molar-refractivity contribution in [3.8, 4) is 11.5 Å². The zero-order chi connectivity index (χ0) is 27.7. The van der Waals surface area contributed by atoms with Crippen molar-refractivity contribution < 1.29 is 38.3 Å². The number of hydrogen-bond donors (Lipinski definition) is 1. The number of rotatable bonds is 8. The van der Waals surface area contributed by atoms with Gasteiger partial charge in [0, 0.05) is 30.0 Å². The summed E-state index contributed by atoms with van der Waals surface area (Å²) in [4.78, 5) is 16.3. The second kappa shape index (κ2) is 13.6. The molecule has 1 N–H and O–H groups in total. The van der Waals surface area contributed by atoms with Crippen LogP contribution in [0, 0.1) is 5.92 Å². The maximum atomic E-state index is 13.5. The summed E-state index contributed by atoms with van der Waals surface area (Å²) < 4.78 is 34.7. The molecule has 2 aliphatic rings. The van der Waals surface area contributed by atoms with Crippen molar-refractivity contribution in [2.24, 2.45) is 11.0 Å². The van der Waals surface area contributed by atoms with Crippen LogP contribution in [0.2, 0.25) is 0 Å². The summed E-state index contributed by atoms with van der Waals surface area (Å²) in [6, 6.07) is 3.34. The SMILES string of the molecule is COCOc1ccc(OCCCN=[N+]=[N-])c2c1C(=O)O[C@@H](C)[C@H](C)C=CC(O)[C@H]1OC(C)(C)O[C@H]1CC=C2. The average Bonchev–Trinajstić information content (AvgIpc) is 3.19. The van der Waals surface area contributed by atoms with Gasteiger partial charge in [-0.3, -0.25) is 0 Å². The third-order valence-corrected chi connectivity index (χ3v) is 6.28. The topological polar surface area (TPSA) is 141 Å². The van der Waals surface area contributed by atoms with E-state index in [1.165, 1.54) is 7.11 Å². The predicted molar refractivity (Wildman–Crippen MR) is 140 cm³/mol. The lowest BCUT2D eigenvalue weighted by Gasteiger charge is -2.23. The molecule has 0 radical (unpaired) electrons. The quantitative estimate of drug-likeness (QED) is 0.0960. The molecule has 2 heterocycles. The maximum absolute atomic E-state index is 13.5. The molecule has 208 valence electrons. The van der Waals surface area contributed by atoms with Crippen molar-refractivity contribution in [2.45, 2.75) is 70.7 Å². The van der Waals surface area contributed by atoms with Crippen LogP contribution in [-0.4, -0.2) is 68.3 Å². The number of fused-ring (bicyclic) bond motifs is 2. The van der Waals surface area contributed by atoms with Crippen LogP contribution in [-0.2, 0) is 18.9 Å². The summed E-state index contributed by atoms with van der Waals surface area (Å²) in [5.41, 5.74) is 9.17. The molecular weight excluding hydrogens is 494 g/mol. The van der Waals surface area contributed by atoms with Gasteiger partial charge in [0.2, 0.25) is 0 Å². The molecule has 1 fully saturated rings. The number of aliphatic hydroxyl groups is 1. The van der Waals surface area contributed by atoms with E-state index in [1.807, 2.05) is 32.9 Å².